The summed E-state index contributed by atoms with van der Waals surface area (Å²) in [7, 11) is 1.90. The normalized spacial score (nSPS) is 12.9. The van der Waals surface area contributed by atoms with Crippen molar-refractivity contribution in [2.24, 2.45) is 0 Å². The molecule has 0 amide bonds. The number of fused-ring (bicyclic) bond motifs is 1. The molecule has 5 heteroatoms. The summed E-state index contributed by atoms with van der Waals surface area (Å²) in [6, 6.07) is 1.88. The Kier molecular flexibility index (Phi) is 2.82. The van der Waals surface area contributed by atoms with Crippen molar-refractivity contribution in [2.75, 3.05) is 13.6 Å². The lowest BCUT2D eigenvalue weighted by atomic mass is 10.4. The molecule has 0 saturated carbocycles. The van der Waals surface area contributed by atoms with Crippen molar-refractivity contribution in [1.29, 1.82) is 0 Å². The fourth-order valence-corrected chi connectivity index (χ4v) is 1.44. The maximum atomic E-state index is 5.69. The van der Waals surface area contributed by atoms with Crippen LogP contribution in [0.25, 0.3) is 5.52 Å². The van der Waals surface area contributed by atoms with Gasteiger partial charge < -0.3 is 10.1 Å². The lowest BCUT2D eigenvalue weighted by molar-refractivity contribution is 0.214. The fraction of sp³-hybridized carbons (Fsp3) is 0.400. The summed E-state index contributed by atoms with van der Waals surface area (Å²) in [4.78, 5) is 4.19. The zero-order chi connectivity index (χ0) is 10.7. The average Bonchev–Trinajstić information content (AvgIpc) is 2.67. The standard InChI is InChI=1S/C10H14N4O/c1-8(7-11-2)15-10-9-3-4-13-14(9)6-5-12-10/h3-6,8,11H,7H2,1-2H3. The second kappa shape index (κ2) is 4.27. The van der Waals surface area contributed by atoms with Crippen molar-refractivity contribution in [3.05, 3.63) is 24.7 Å². The average molecular weight is 206 g/mol. The second-order valence-electron chi connectivity index (χ2n) is 3.38. The van der Waals surface area contributed by atoms with Gasteiger partial charge in [-0.1, -0.05) is 0 Å². The molecule has 0 bridgehead atoms. The molecule has 80 valence electrons. The Hall–Kier alpha value is -1.62. The molecule has 0 aliphatic rings. The van der Waals surface area contributed by atoms with Crippen LogP contribution < -0.4 is 10.1 Å². The first kappa shape index (κ1) is 9.92. The third-order valence-corrected chi connectivity index (χ3v) is 2.09. The van der Waals surface area contributed by atoms with E-state index in [0.717, 1.165) is 12.1 Å². The van der Waals surface area contributed by atoms with Crippen molar-refractivity contribution in [3.8, 4) is 5.88 Å². The predicted octanol–water partition coefficient (Wildman–Crippen LogP) is 0.716. The number of nitrogens with one attached hydrogen (secondary N) is 1. The predicted molar refractivity (Wildman–Crippen MR) is 57.0 cm³/mol. The molecule has 2 aromatic heterocycles. The van der Waals surface area contributed by atoms with Crippen LogP contribution in [-0.2, 0) is 0 Å². The SMILES string of the molecule is CNCC(C)Oc1nccn2nccc12. The van der Waals surface area contributed by atoms with E-state index in [1.165, 1.54) is 0 Å². The van der Waals surface area contributed by atoms with Gasteiger partial charge in [0.2, 0.25) is 5.88 Å². The van der Waals surface area contributed by atoms with Gasteiger partial charge in [-0.25, -0.2) is 9.50 Å². The Morgan fingerprint density at radius 3 is 3.20 bits per heavy atom. The molecule has 5 nitrogen and oxygen atoms in total. The molecule has 15 heavy (non-hydrogen) atoms. The van der Waals surface area contributed by atoms with Crippen LogP contribution in [0.15, 0.2) is 24.7 Å². The van der Waals surface area contributed by atoms with E-state index >= 15 is 0 Å². The van der Waals surface area contributed by atoms with Crippen LogP contribution in [0.4, 0.5) is 0 Å². The molecule has 0 fully saturated rings. The molecular weight excluding hydrogens is 192 g/mol. The molecule has 2 heterocycles. The molecule has 0 aromatic carbocycles. The molecule has 0 saturated heterocycles. The number of likely N-dealkylation sites (N-methyl/N-ethyl adjacent to an activating group) is 1. The van der Waals surface area contributed by atoms with E-state index in [1.54, 1.807) is 23.1 Å². The van der Waals surface area contributed by atoms with Crippen LogP contribution in [0, 0.1) is 0 Å². The Bertz CT molecular complexity index is 440. The number of aromatic nitrogens is 3. The molecule has 1 unspecified atom stereocenters. The molecule has 2 aromatic rings. The maximum absolute atomic E-state index is 5.69. The highest BCUT2D eigenvalue weighted by molar-refractivity contribution is 5.54. The quantitative estimate of drug-likeness (QED) is 0.800. The lowest BCUT2D eigenvalue weighted by Gasteiger charge is -2.13. The van der Waals surface area contributed by atoms with E-state index in [2.05, 4.69) is 15.4 Å². The molecule has 2 rings (SSSR count). The van der Waals surface area contributed by atoms with Crippen LogP contribution >= 0.6 is 0 Å². The summed E-state index contributed by atoms with van der Waals surface area (Å²) in [5.74, 6) is 0.623. The fourth-order valence-electron chi connectivity index (χ4n) is 1.44. The summed E-state index contributed by atoms with van der Waals surface area (Å²) < 4.78 is 7.44. The second-order valence-corrected chi connectivity index (χ2v) is 3.38. The minimum Gasteiger partial charge on any atom is -0.472 e. The minimum atomic E-state index is 0.0867. The van der Waals surface area contributed by atoms with Gasteiger partial charge in [0, 0.05) is 18.9 Å². The zero-order valence-electron chi connectivity index (χ0n) is 8.84. The van der Waals surface area contributed by atoms with Gasteiger partial charge in [0.05, 0.1) is 6.20 Å². The molecule has 0 aliphatic heterocycles. The van der Waals surface area contributed by atoms with Crippen LogP contribution in [0.2, 0.25) is 0 Å². The first-order valence-electron chi connectivity index (χ1n) is 4.91. The summed E-state index contributed by atoms with van der Waals surface area (Å²) in [6.07, 6.45) is 5.29. The third-order valence-electron chi connectivity index (χ3n) is 2.09. The highest BCUT2D eigenvalue weighted by atomic mass is 16.5. The number of hydrogen-bond donors (Lipinski definition) is 1. The van der Waals surface area contributed by atoms with E-state index in [1.807, 2.05) is 20.0 Å². The highest BCUT2D eigenvalue weighted by Gasteiger charge is 2.08. The summed E-state index contributed by atoms with van der Waals surface area (Å²) in [5, 5.41) is 7.17. The first-order valence-corrected chi connectivity index (χ1v) is 4.91. The molecule has 0 aliphatic carbocycles. The Morgan fingerprint density at radius 1 is 1.53 bits per heavy atom. The Balaban J connectivity index is 2.23. The van der Waals surface area contributed by atoms with Gasteiger partial charge in [-0.2, -0.15) is 5.10 Å². The van der Waals surface area contributed by atoms with E-state index in [0.29, 0.717) is 5.88 Å². The van der Waals surface area contributed by atoms with Gasteiger partial charge in [0.25, 0.3) is 0 Å². The molecular formula is C10H14N4O. The summed E-state index contributed by atoms with van der Waals surface area (Å²) in [6.45, 7) is 2.79. The molecule has 0 radical (unpaired) electrons. The minimum absolute atomic E-state index is 0.0867. The third kappa shape index (κ3) is 2.07. The summed E-state index contributed by atoms with van der Waals surface area (Å²) >= 11 is 0. The lowest BCUT2D eigenvalue weighted by Crippen LogP contribution is -2.26. The van der Waals surface area contributed by atoms with Gasteiger partial charge in [-0.15, -0.1) is 0 Å². The van der Waals surface area contributed by atoms with Crippen LogP contribution in [0.5, 0.6) is 5.88 Å². The van der Waals surface area contributed by atoms with Gasteiger partial charge >= 0.3 is 0 Å². The number of rotatable bonds is 4. The van der Waals surface area contributed by atoms with Crippen molar-refractivity contribution < 1.29 is 4.74 Å². The molecule has 0 spiro atoms. The molecule has 1 N–H and O–H groups in total. The van der Waals surface area contributed by atoms with Crippen LogP contribution in [0.3, 0.4) is 0 Å². The van der Waals surface area contributed by atoms with E-state index in [-0.39, 0.29) is 6.10 Å². The van der Waals surface area contributed by atoms with E-state index in [4.69, 9.17) is 4.74 Å². The number of hydrogen-bond acceptors (Lipinski definition) is 4. The van der Waals surface area contributed by atoms with Crippen LogP contribution in [0.1, 0.15) is 6.92 Å². The van der Waals surface area contributed by atoms with Crippen molar-refractivity contribution in [1.82, 2.24) is 19.9 Å². The highest BCUT2D eigenvalue weighted by Crippen LogP contribution is 2.16. The van der Waals surface area contributed by atoms with Gasteiger partial charge in [-0.05, 0) is 20.0 Å². The van der Waals surface area contributed by atoms with E-state index < -0.39 is 0 Å². The first-order chi connectivity index (χ1) is 7.31. The van der Waals surface area contributed by atoms with Crippen molar-refractivity contribution in [3.63, 3.8) is 0 Å². The van der Waals surface area contributed by atoms with Crippen LogP contribution in [-0.4, -0.2) is 34.3 Å². The van der Waals surface area contributed by atoms with E-state index in [9.17, 15) is 0 Å². The topological polar surface area (TPSA) is 51.5 Å². The number of ether oxygens (including phenoxy) is 1. The Morgan fingerprint density at radius 2 is 2.40 bits per heavy atom. The largest absolute Gasteiger partial charge is 0.472 e. The Labute approximate surface area is 88.1 Å². The number of nitrogens with zero attached hydrogens (tertiary/aromatic N) is 3. The van der Waals surface area contributed by atoms with Crippen molar-refractivity contribution >= 4 is 5.52 Å². The molecule has 1 atom stereocenters. The summed E-state index contributed by atoms with van der Waals surface area (Å²) in [5.41, 5.74) is 0.889. The smallest absolute Gasteiger partial charge is 0.240 e. The van der Waals surface area contributed by atoms with Gasteiger partial charge in [0.1, 0.15) is 11.6 Å². The van der Waals surface area contributed by atoms with Crippen molar-refractivity contribution in [2.45, 2.75) is 13.0 Å². The maximum Gasteiger partial charge on any atom is 0.240 e. The zero-order valence-corrected chi connectivity index (χ0v) is 8.84. The monoisotopic (exact) mass is 206 g/mol. The van der Waals surface area contributed by atoms with Gasteiger partial charge in [-0.3, -0.25) is 0 Å². The van der Waals surface area contributed by atoms with Gasteiger partial charge in [0.15, 0.2) is 0 Å².